The van der Waals surface area contributed by atoms with Gasteiger partial charge in [0.15, 0.2) is 17.0 Å². The molecule has 7 N–H and O–H groups in total. The number of ether oxygens (including phenoxy) is 1. The minimum atomic E-state index is -1.09. The molecule has 3 amide bonds. The van der Waals surface area contributed by atoms with Crippen molar-refractivity contribution in [3.8, 4) is 0 Å². The van der Waals surface area contributed by atoms with Gasteiger partial charge in [0.1, 0.15) is 11.6 Å². The predicted octanol–water partition coefficient (Wildman–Crippen LogP) is 1.66. The third-order valence-electron chi connectivity index (χ3n) is 7.34. The number of nitrogens with one attached hydrogen (secondary N) is 2. The zero-order valence-corrected chi connectivity index (χ0v) is 29.1. The summed E-state index contributed by atoms with van der Waals surface area (Å²) in [5.74, 6) is -2.68. The number of amides is 3. The normalized spacial score (nSPS) is 11.8. The molecule has 0 aliphatic rings. The van der Waals surface area contributed by atoms with Crippen molar-refractivity contribution in [3.05, 3.63) is 41.7 Å². The van der Waals surface area contributed by atoms with E-state index in [0.717, 1.165) is 5.69 Å². The van der Waals surface area contributed by atoms with Gasteiger partial charge in [-0.05, 0) is 64.8 Å². The summed E-state index contributed by atoms with van der Waals surface area (Å²) in [6.45, 7) is 8.34. The van der Waals surface area contributed by atoms with Crippen molar-refractivity contribution in [2.75, 3.05) is 43.0 Å². The van der Waals surface area contributed by atoms with Crippen LogP contribution < -0.4 is 27.0 Å². The smallest absolute Gasteiger partial charge is 0.329 e. The number of nitrogens with two attached hydrogens (primary N) is 2. The molecular formula is C33H46N10O7. The van der Waals surface area contributed by atoms with Gasteiger partial charge in [0, 0.05) is 50.8 Å². The molecule has 0 aliphatic heterocycles. The second kappa shape index (κ2) is 17.7. The minimum absolute atomic E-state index is 0.00297. The standard InChI is InChI=1S/C33H46N10O7/c1-6-43(25(45)14-15-26(46)47)17-7-16-36-24(44)13-12-23(31(49)50-33(2,3)4)39-30(48)20-8-10-22(11-9-20)42(5)19-21-18-37-29-27(38-21)28(34)40-32(35)41-29/h8-11,18,23H,6-7,12-17,19H2,1-5H3,(H,36,44)(H,39,48)(H,46,47)(H4,34,35,37,40,41)/t23-/m1/s1. The summed E-state index contributed by atoms with van der Waals surface area (Å²) in [6, 6.07) is 5.64. The lowest BCUT2D eigenvalue weighted by molar-refractivity contribution is -0.157. The molecular weight excluding hydrogens is 648 g/mol. The summed E-state index contributed by atoms with van der Waals surface area (Å²) in [4.78, 5) is 82.0. The third-order valence-corrected chi connectivity index (χ3v) is 7.34. The number of carboxylic acids is 1. The highest BCUT2D eigenvalue weighted by Gasteiger charge is 2.28. The average Bonchev–Trinajstić information content (AvgIpc) is 3.04. The molecule has 0 unspecified atom stereocenters. The topological polar surface area (TPSA) is 249 Å². The van der Waals surface area contributed by atoms with E-state index in [-0.39, 0.29) is 55.8 Å². The van der Waals surface area contributed by atoms with E-state index in [1.165, 1.54) is 4.90 Å². The fourth-order valence-electron chi connectivity index (χ4n) is 4.82. The molecule has 1 aromatic carbocycles. The summed E-state index contributed by atoms with van der Waals surface area (Å²) < 4.78 is 5.51. The highest BCUT2D eigenvalue weighted by atomic mass is 16.6. The number of aromatic nitrogens is 4. The van der Waals surface area contributed by atoms with Crippen molar-refractivity contribution in [2.45, 2.75) is 78.0 Å². The molecule has 0 radical (unpaired) electrons. The first-order valence-electron chi connectivity index (χ1n) is 16.2. The number of fused-ring (bicyclic) bond motifs is 1. The monoisotopic (exact) mass is 694 g/mol. The van der Waals surface area contributed by atoms with Gasteiger partial charge in [-0.15, -0.1) is 0 Å². The number of hydrogen-bond acceptors (Lipinski definition) is 13. The summed E-state index contributed by atoms with van der Waals surface area (Å²) in [5, 5.41) is 14.3. The Morgan fingerprint density at radius 1 is 1.00 bits per heavy atom. The largest absolute Gasteiger partial charge is 0.481 e. The minimum Gasteiger partial charge on any atom is -0.481 e. The molecule has 0 saturated heterocycles. The van der Waals surface area contributed by atoms with Crippen LogP contribution in [0.2, 0.25) is 0 Å². The first kappa shape index (κ1) is 38.8. The van der Waals surface area contributed by atoms with Crippen LogP contribution >= 0.6 is 0 Å². The van der Waals surface area contributed by atoms with Crippen molar-refractivity contribution < 1.29 is 33.8 Å². The molecule has 270 valence electrons. The SMILES string of the molecule is CCN(CCCNC(=O)CC[C@@H](NC(=O)c1ccc(N(C)Cc2cnc3nc(N)nc(N)c3n2)cc1)C(=O)OC(C)(C)C)C(=O)CCC(=O)O. The first-order chi connectivity index (χ1) is 23.6. The molecule has 0 saturated carbocycles. The summed E-state index contributed by atoms with van der Waals surface area (Å²) >= 11 is 0. The molecule has 1 atom stereocenters. The maximum atomic E-state index is 13.2. The van der Waals surface area contributed by atoms with E-state index in [9.17, 15) is 24.0 Å². The fraction of sp³-hybridized carbons (Fsp3) is 0.485. The molecule has 3 aromatic rings. The van der Waals surface area contributed by atoms with Crippen molar-refractivity contribution in [1.29, 1.82) is 0 Å². The number of carbonyl (C=O) groups is 5. The number of nitrogen functional groups attached to an aromatic ring is 2. The van der Waals surface area contributed by atoms with Gasteiger partial charge < -0.3 is 41.7 Å². The predicted molar refractivity (Wildman–Crippen MR) is 186 cm³/mol. The molecule has 2 aromatic heterocycles. The van der Waals surface area contributed by atoms with Crippen LogP contribution in [0.5, 0.6) is 0 Å². The number of nitrogens with zero attached hydrogens (tertiary/aromatic N) is 6. The second-order valence-corrected chi connectivity index (χ2v) is 12.6. The second-order valence-electron chi connectivity index (χ2n) is 12.6. The highest BCUT2D eigenvalue weighted by Crippen LogP contribution is 2.19. The van der Waals surface area contributed by atoms with E-state index >= 15 is 0 Å². The molecule has 17 heteroatoms. The van der Waals surface area contributed by atoms with E-state index in [4.69, 9.17) is 21.3 Å². The molecule has 2 heterocycles. The van der Waals surface area contributed by atoms with Crippen LogP contribution in [-0.2, 0) is 30.5 Å². The Morgan fingerprint density at radius 3 is 2.34 bits per heavy atom. The van der Waals surface area contributed by atoms with E-state index in [2.05, 4.69) is 30.6 Å². The third kappa shape index (κ3) is 12.1. The Labute approximate surface area is 290 Å². The van der Waals surface area contributed by atoms with Gasteiger partial charge in [-0.1, -0.05) is 0 Å². The number of esters is 1. The number of carboxylic acid groups (broad SMARTS) is 1. The van der Waals surface area contributed by atoms with Gasteiger partial charge >= 0.3 is 11.9 Å². The zero-order valence-electron chi connectivity index (χ0n) is 29.1. The molecule has 0 spiro atoms. The van der Waals surface area contributed by atoms with Gasteiger partial charge in [-0.2, -0.15) is 9.97 Å². The lowest BCUT2D eigenvalue weighted by Gasteiger charge is -2.25. The summed E-state index contributed by atoms with van der Waals surface area (Å²) in [7, 11) is 1.84. The Bertz CT molecular complexity index is 1680. The fourth-order valence-corrected chi connectivity index (χ4v) is 4.82. The van der Waals surface area contributed by atoms with Gasteiger partial charge in [0.05, 0.1) is 24.9 Å². The number of aliphatic carboxylic acids is 1. The molecule has 17 nitrogen and oxygen atoms in total. The van der Waals surface area contributed by atoms with E-state index in [0.29, 0.717) is 48.5 Å². The van der Waals surface area contributed by atoms with Gasteiger partial charge in [-0.25, -0.2) is 14.8 Å². The van der Waals surface area contributed by atoms with Gasteiger partial charge in [-0.3, -0.25) is 19.2 Å². The Morgan fingerprint density at radius 2 is 1.70 bits per heavy atom. The quantitative estimate of drug-likeness (QED) is 0.0996. The molecule has 50 heavy (non-hydrogen) atoms. The van der Waals surface area contributed by atoms with Crippen molar-refractivity contribution in [2.24, 2.45) is 0 Å². The van der Waals surface area contributed by atoms with E-state index < -0.39 is 29.5 Å². The number of hydrogen-bond donors (Lipinski definition) is 5. The highest BCUT2D eigenvalue weighted by molar-refractivity contribution is 5.97. The molecule has 0 aliphatic carbocycles. The molecule has 0 fully saturated rings. The number of anilines is 3. The van der Waals surface area contributed by atoms with Gasteiger partial charge in [0.2, 0.25) is 17.8 Å². The first-order valence-corrected chi connectivity index (χ1v) is 16.2. The Balaban J connectivity index is 1.56. The van der Waals surface area contributed by atoms with Crippen LogP contribution in [0.25, 0.3) is 11.2 Å². The summed E-state index contributed by atoms with van der Waals surface area (Å²) in [5.41, 5.74) is 13.1. The Hall–Kier alpha value is -5.61. The number of rotatable bonds is 17. The van der Waals surface area contributed by atoms with Crippen LogP contribution in [0, 0.1) is 0 Å². The lowest BCUT2D eigenvalue weighted by Crippen LogP contribution is -2.45. The zero-order chi connectivity index (χ0) is 37.0. The van der Waals surface area contributed by atoms with Crippen LogP contribution in [0.3, 0.4) is 0 Å². The van der Waals surface area contributed by atoms with Crippen LogP contribution in [-0.4, -0.2) is 97.9 Å². The van der Waals surface area contributed by atoms with Crippen LogP contribution in [0.15, 0.2) is 30.5 Å². The lowest BCUT2D eigenvalue weighted by atomic mass is 10.1. The van der Waals surface area contributed by atoms with Crippen LogP contribution in [0.1, 0.15) is 75.9 Å². The Kier molecular flexibility index (Phi) is 13.7. The number of carbonyl (C=O) groups excluding carboxylic acids is 4. The molecule has 0 bridgehead atoms. The van der Waals surface area contributed by atoms with E-state index in [1.54, 1.807) is 58.2 Å². The van der Waals surface area contributed by atoms with Gasteiger partial charge in [0.25, 0.3) is 5.91 Å². The summed E-state index contributed by atoms with van der Waals surface area (Å²) in [6.07, 6.45) is 1.64. The number of benzene rings is 1. The maximum absolute atomic E-state index is 13.2. The van der Waals surface area contributed by atoms with Crippen molar-refractivity contribution in [1.82, 2.24) is 35.5 Å². The maximum Gasteiger partial charge on any atom is 0.329 e. The molecule has 3 rings (SSSR count). The van der Waals surface area contributed by atoms with E-state index in [1.807, 2.05) is 11.9 Å². The average molecular weight is 695 g/mol. The van der Waals surface area contributed by atoms with Crippen molar-refractivity contribution >= 4 is 58.3 Å². The van der Waals surface area contributed by atoms with Crippen LogP contribution in [0.4, 0.5) is 17.5 Å². The van der Waals surface area contributed by atoms with Crippen molar-refractivity contribution in [3.63, 3.8) is 0 Å².